The van der Waals surface area contributed by atoms with Gasteiger partial charge < -0.3 is 9.84 Å². The molecule has 2 aromatic carbocycles. The van der Waals surface area contributed by atoms with E-state index in [1.165, 1.54) is 0 Å². The van der Waals surface area contributed by atoms with Crippen molar-refractivity contribution in [2.24, 2.45) is 0 Å². The molecule has 160 valence electrons. The minimum absolute atomic E-state index is 0. The van der Waals surface area contributed by atoms with E-state index in [1.807, 2.05) is 30.3 Å². The largest absolute Gasteiger partial charge is 1.00 e. The van der Waals surface area contributed by atoms with E-state index in [2.05, 4.69) is 41.4 Å². The normalized spacial score (nSPS) is 11.2. The number of H-pyrrole nitrogens is 1. The van der Waals surface area contributed by atoms with E-state index in [0.717, 1.165) is 60.4 Å². The Morgan fingerprint density at radius 2 is 1.84 bits per heavy atom. The van der Waals surface area contributed by atoms with Crippen LogP contribution < -0.4 is 34.3 Å². The molecular weight excluding hydrogens is 423 g/mol. The number of aromatic hydroxyl groups is 1. The molecule has 1 heterocycles. The van der Waals surface area contributed by atoms with Crippen LogP contribution in [0.5, 0.6) is 11.5 Å². The van der Waals surface area contributed by atoms with Crippen LogP contribution in [0.25, 0.3) is 11.1 Å². The van der Waals surface area contributed by atoms with Gasteiger partial charge in [0, 0.05) is 22.1 Å². The van der Waals surface area contributed by atoms with Crippen molar-refractivity contribution < 1.29 is 39.4 Å². The third-order valence-electron chi connectivity index (χ3n) is 5.37. The predicted octanol–water partition coefficient (Wildman–Crippen LogP) is 2.71. The molecule has 2 N–H and O–H groups in total. The average Bonchev–Trinajstić information content (AvgIpc) is 3.27. The molecule has 0 spiro atoms. The number of ether oxygens (including phenoxy) is 1. The van der Waals surface area contributed by atoms with Crippen LogP contribution in [0.4, 0.5) is 0 Å². The Labute approximate surface area is 211 Å². The smallest absolute Gasteiger partial charge is 0.507 e. The maximum absolute atomic E-state index is 10.5. The van der Waals surface area contributed by atoms with Crippen LogP contribution in [0.2, 0.25) is 5.02 Å². The van der Waals surface area contributed by atoms with Gasteiger partial charge in [0.1, 0.15) is 11.5 Å². The van der Waals surface area contributed by atoms with Gasteiger partial charge in [0.05, 0.1) is 6.61 Å². The molecule has 0 atom stereocenters. The molecule has 0 saturated carbocycles. The number of aryl methyl sites for hydroxylation is 1. The standard InChI is InChI=1S/C23H29ClN4O2.Na/c1-4-16-14-19(17-8-10-18(24)11-9-17)20(29)15-21(16)30-13-7-5-6-12-23(2,3)22-25-27-28-26-22;/h8-11,14-15,29H,4-7,12-13H2,1-3H3,(H,25,26,27,28);/q;+1. The number of unbranched alkanes of at least 4 members (excludes halogenated alkanes) is 2. The van der Waals surface area contributed by atoms with Crippen molar-refractivity contribution in [3.8, 4) is 22.6 Å². The Morgan fingerprint density at radius 3 is 2.48 bits per heavy atom. The molecule has 0 fully saturated rings. The molecule has 0 unspecified atom stereocenters. The summed E-state index contributed by atoms with van der Waals surface area (Å²) in [6.45, 7) is 6.97. The van der Waals surface area contributed by atoms with E-state index < -0.39 is 0 Å². The number of hydrogen-bond donors (Lipinski definition) is 2. The fraction of sp³-hybridized carbons (Fsp3) is 0.435. The van der Waals surface area contributed by atoms with Crippen LogP contribution in [-0.2, 0) is 11.8 Å². The fourth-order valence-corrected chi connectivity index (χ4v) is 3.60. The molecule has 0 aliphatic rings. The van der Waals surface area contributed by atoms with Gasteiger partial charge in [0.25, 0.3) is 0 Å². The topological polar surface area (TPSA) is 83.9 Å². The number of nitrogens with one attached hydrogen (secondary N) is 1. The molecule has 0 bridgehead atoms. The van der Waals surface area contributed by atoms with Gasteiger partial charge in [-0.05, 0) is 48.6 Å². The second kappa shape index (κ2) is 11.9. The Hall–Kier alpha value is -1.60. The van der Waals surface area contributed by atoms with Gasteiger partial charge in [-0.1, -0.05) is 62.6 Å². The summed E-state index contributed by atoms with van der Waals surface area (Å²) >= 11 is 5.97. The van der Waals surface area contributed by atoms with E-state index in [9.17, 15) is 5.11 Å². The summed E-state index contributed by atoms with van der Waals surface area (Å²) in [5, 5.41) is 25.6. The van der Waals surface area contributed by atoms with E-state index >= 15 is 0 Å². The van der Waals surface area contributed by atoms with Gasteiger partial charge in [-0.3, -0.25) is 0 Å². The average molecular weight is 452 g/mol. The van der Waals surface area contributed by atoms with Gasteiger partial charge in [-0.15, -0.1) is 10.2 Å². The molecular formula is C23H29ClN4NaO2+. The maximum atomic E-state index is 10.5. The van der Waals surface area contributed by atoms with Crippen LogP contribution in [0.1, 0.15) is 57.8 Å². The van der Waals surface area contributed by atoms with E-state index in [4.69, 9.17) is 16.3 Å². The second-order valence-corrected chi connectivity index (χ2v) is 8.55. The number of phenolic OH excluding ortho intramolecular Hbond substituents is 1. The van der Waals surface area contributed by atoms with Crippen molar-refractivity contribution in [1.82, 2.24) is 20.6 Å². The van der Waals surface area contributed by atoms with Crippen molar-refractivity contribution >= 4 is 11.6 Å². The molecule has 0 amide bonds. The van der Waals surface area contributed by atoms with Crippen molar-refractivity contribution in [2.75, 3.05) is 6.61 Å². The van der Waals surface area contributed by atoms with Crippen LogP contribution in [-0.4, -0.2) is 32.3 Å². The zero-order valence-electron chi connectivity index (χ0n) is 18.8. The molecule has 0 aliphatic carbocycles. The number of aromatic nitrogens is 4. The van der Waals surface area contributed by atoms with E-state index in [1.54, 1.807) is 6.07 Å². The number of tetrazole rings is 1. The maximum Gasteiger partial charge on any atom is 1.00 e. The van der Waals surface area contributed by atoms with Gasteiger partial charge in [0.2, 0.25) is 0 Å². The minimum atomic E-state index is -0.0907. The van der Waals surface area contributed by atoms with Crippen LogP contribution in [0.15, 0.2) is 36.4 Å². The minimum Gasteiger partial charge on any atom is -0.507 e. The summed E-state index contributed by atoms with van der Waals surface area (Å²) in [6.07, 6.45) is 4.88. The molecule has 1 aromatic heterocycles. The Kier molecular flexibility index (Phi) is 9.82. The van der Waals surface area contributed by atoms with Crippen molar-refractivity contribution in [1.29, 1.82) is 0 Å². The van der Waals surface area contributed by atoms with Gasteiger partial charge in [0.15, 0.2) is 5.82 Å². The number of phenols is 1. The first-order valence-electron chi connectivity index (χ1n) is 10.4. The molecule has 0 radical (unpaired) electrons. The van der Waals surface area contributed by atoms with Crippen molar-refractivity contribution in [3.63, 3.8) is 0 Å². The summed E-state index contributed by atoms with van der Waals surface area (Å²) in [4.78, 5) is 0. The SMILES string of the molecule is CCc1cc(-c2ccc(Cl)cc2)c(O)cc1OCCCCCC(C)(C)c1nn[nH]n1.[Na+]. The summed E-state index contributed by atoms with van der Waals surface area (Å²) in [5.41, 5.74) is 2.71. The quantitative estimate of drug-likeness (QED) is 0.366. The van der Waals surface area contributed by atoms with Gasteiger partial charge >= 0.3 is 29.6 Å². The molecule has 3 rings (SSSR count). The molecule has 0 saturated heterocycles. The molecule has 8 heteroatoms. The Balaban J connectivity index is 0.00000341. The van der Waals surface area contributed by atoms with Gasteiger partial charge in [-0.2, -0.15) is 5.21 Å². The monoisotopic (exact) mass is 451 g/mol. The Morgan fingerprint density at radius 1 is 1.10 bits per heavy atom. The van der Waals surface area contributed by atoms with Crippen LogP contribution >= 0.6 is 11.6 Å². The molecule has 0 aliphatic heterocycles. The van der Waals surface area contributed by atoms with Crippen LogP contribution in [0, 0.1) is 0 Å². The summed E-state index contributed by atoms with van der Waals surface area (Å²) < 4.78 is 6.00. The summed E-state index contributed by atoms with van der Waals surface area (Å²) in [6, 6.07) is 11.2. The molecule has 3 aromatic rings. The first-order valence-corrected chi connectivity index (χ1v) is 10.8. The first kappa shape index (κ1) is 25.7. The summed E-state index contributed by atoms with van der Waals surface area (Å²) in [7, 11) is 0. The van der Waals surface area contributed by atoms with Crippen LogP contribution in [0.3, 0.4) is 0 Å². The predicted molar refractivity (Wildman–Crippen MR) is 119 cm³/mol. The third kappa shape index (κ3) is 6.94. The second-order valence-electron chi connectivity index (χ2n) is 8.12. The number of halogens is 1. The zero-order chi connectivity index (χ0) is 21.6. The number of hydrogen-bond acceptors (Lipinski definition) is 5. The number of rotatable bonds is 10. The van der Waals surface area contributed by atoms with E-state index in [0.29, 0.717) is 11.6 Å². The Bertz CT molecular complexity index is 947. The van der Waals surface area contributed by atoms with Gasteiger partial charge in [-0.25, -0.2) is 0 Å². The van der Waals surface area contributed by atoms with Crippen molar-refractivity contribution in [3.05, 3.63) is 52.8 Å². The third-order valence-corrected chi connectivity index (χ3v) is 5.62. The molecule has 6 nitrogen and oxygen atoms in total. The zero-order valence-corrected chi connectivity index (χ0v) is 21.5. The van der Waals surface area contributed by atoms with E-state index in [-0.39, 0.29) is 40.7 Å². The molecule has 31 heavy (non-hydrogen) atoms. The number of benzene rings is 2. The first-order chi connectivity index (χ1) is 14.4. The summed E-state index contributed by atoms with van der Waals surface area (Å²) in [5.74, 6) is 1.72. The number of aromatic amines is 1. The number of nitrogens with zero attached hydrogens (tertiary/aromatic N) is 3. The fourth-order valence-electron chi connectivity index (χ4n) is 3.47. The van der Waals surface area contributed by atoms with Crippen molar-refractivity contribution in [2.45, 2.75) is 58.3 Å².